The molecule has 1 saturated carbocycles. The highest BCUT2D eigenvalue weighted by atomic mass is 19.1. The normalized spacial score (nSPS) is 22.0. The third kappa shape index (κ3) is 1.63. The Morgan fingerprint density at radius 3 is 2.56 bits per heavy atom. The van der Waals surface area contributed by atoms with Gasteiger partial charge >= 0.3 is 0 Å². The van der Waals surface area contributed by atoms with Crippen molar-refractivity contribution < 1.29 is 9.50 Å². The zero-order valence-electron chi connectivity index (χ0n) is 5.36. The Balaban J connectivity index is 2.10. The lowest BCUT2D eigenvalue weighted by atomic mass is 10.3. The highest BCUT2D eigenvalue weighted by Crippen LogP contribution is 2.34. The van der Waals surface area contributed by atoms with Crippen LogP contribution in [0.4, 0.5) is 4.39 Å². The second-order valence-corrected chi connectivity index (χ2v) is 2.55. The van der Waals surface area contributed by atoms with Gasteiger partial charge in [-0.3, -0.25) is 0 Å². The molecule has 54 valence electrons. The van der Waals surface area contributed by atoms with Gasteiger partial charge in [-0.05, 0) is 12.8 Å². The maximum Gasteiger partial charge on any atom is 0.102 e. The third-order valence-corrected chi connectivity index (χ3v) is 1.75. The van der Waals surface area contributed by atoms with Crippen molar-refractivity contribution in [1.29, 1.82) is 0 Å². The Kier molecular flexibility index (Phi) is 2.03. The van der Waals surface area contributed by atoms with Crippen LogP contribution in [0.25, 0.3) is 0 Å². The molecule has 1 rings (SSSR count). The first-order chi connectivity index (χ1) is 4.33. The number of aliphatic hydroxyl groups excluding tert-OH is 1. The summed E-state index contributed by atoms with van der Waals surface area (Å²) in [5.74, 6) is 0. The fourth-order valence-electron chi connectivity index (χ4n) is 0.854. The molecular formula is C6H12FNO. The van der Waals surface area contributed by atoms with Crippen LogP contribution in [-0.2, 0) is 0 Å². The van der Waals surface area contributed by atoms with Gasteiger partial charge in [0.25, 0.3) is 0 Å². The zero-order chi connectivity index (χ0) is 6.74. The monoisotopic (exact) mass is 133 g/mol. The van der Waals surface area contributed by atoms with E-state index in [2.05, 4.69) is 5.32 Å². The van der Waals surface area contributed by atoms with Crippen LogP contribution in [0.5, 0.6) is 0 Å². The topological polar surface area (TPSA) is 32.3 Å². The summed E-state index contributed by atoms with van der Waals surface area (Å²) in [4.78, 5) is 0. The van der Waals surface area contributed by atoms with Crippen LogP contribution in [-0.4, -0.2) is 30.5 Å². The maximum absolute atomic E-state index is 11.5. The van der Waals surface area contributed by atoms with Crippen LogP contribution in [0.15, 0.2) is 0 Å². The molecule has 3 heteroatoms. The Labute approximate surface area is 54.1 Å². The van der Waals surface area contributed by atoms with Gasteiger partial charge in [-0.1, -0.05) is 0 Å². The van der Waals surface area contributed by atoms with E-state index in [1.165, 1.54) is 0 Å². The lowest BCUT2D eigenvalue weighted by molar-refractivity contribution is 0.227. The second-order valence-electron chi connectivity index (χ2n) is 2.55. The van der Waals surface area contributed by atoms with E-state index in [0.717, 1.165) is 12.8 Å². The van der Waals surface area contributed by atoms with E-state index in [1.807, 2.05) is 0 Å². The number of alkyl halides is 1. The van der Waals surface area contributed by atoms with Crippen LogP contribution in [0.2, 0.25) is 0 Å². The average Bonchev–Trinajstić information content (AvgIpc) is 2.65. The summed E-state index contributed by atoms with van der Waals surface area (Å²) in [6, 6.07) is 0. The molecule has 0 amide bonds. The van der Waals surface area contributed by atoms with E-state index < -0.39 is 0 Å². The van der Waals surface area contributed by atoms with Gasteiger partial charge in [0.05, 0.1) is 6.61 Å². The standard InChI is InChI=1S/C6H12FNO/c7-3-4-8-6(5-9)1-2-6/h8-9H,1-5H2. The van der Waals surface area contributed by atoms with Crippen molar-refractivity contribution in [2.45, 2.75) is 18.4 Å². The summed E-state index contributed by atoms with van der Waals surface area (Å²) in [5, 5.41) is 11.6. The first-order valence-electron chi connectivity index (χ1n) is 3.25. The van der Waals surface area contributed by atoms with E-state index in [0.29, 0.717) is 6.54 Å². The molecule has 1 aliphatic carbocycles. The van der Waals surface area contributed by atoms with Crippen molar-refractivity contribution in [2.24, 2.45) is 0 Å². The molecule has 0 radical (unpaired) electrons. The second kappa shape index (κ2) is 2.62. The Bertz CT molecular complexity index is 93.1. The number of aliphatic hydroxyl groups is 1. The molecular weight excluding hydrogens is 121 g/mol. The first-order valence-corrected chi connectivity index (χ1v) is 3.25. The van der Waals surface area contributed by atoms with E-state index in [9.17, 15) is 4.39 Å². The molecule has 2 nitrogen and oxygen atoms in total. The molecule has 0 aliphatic heterocycles. The molecule has 0 aromatic carbocycles. The smallest absolute Gasteiger partial charge is 0.102 e. The van der Waals surface area contributed by atoms with Crippen LogP contribution >= 0.6 is 0 Å². The molecule has 1 fully saturated rings. The van der Waals surface area contributed by atoms with Crippen LogP contribution in [0, 0.1) is 0 Å². The van der Waals surface area contributed by atoms with Gasteiger partial charge in [-0.2, -0.15) is 0 Å². The summed E-state index contributed by atoms with van der Waals surface area (Å²) >= 11 is 0. The lowest BCUT2D eigenvalue weighted by Gasteiger charge is -2.11. The van der Waals surface area contributed by atoms with Crippen LogP contribution in [0.1, 0.15) is 12.8 Å². The molecule has 0 aromatic heterocycles. The number of halogens is 1. The summed E-state index contributed by atoms with van der Waals surface area (Å²) < 4.78 is 11.5. The minimum Gasteiger partial charge on any atom is -0.394 e. The molecule has 0 bridgehead atoms. The fraction of sp³-hybridized carbons (Fsp3) is 1.00. The summed E-state index contributed by atoms with van der Waals surface area (Å²) in [5.41, 5.74) is -0.0912. The quantitative estimate of drug-likeness (QED) is 0.569. The molecule has 0 aromatic rings. The summed E-state index contributed by atoms with van der Waals surface area (Å²) in [6.45, 7) is 0.176. The number of nitrogens with one attached hydrogen (secondary N) is 1. The molecule has 9 heavy (non-hydrogen) atoms. The minimum absolute atomic E-state index is 0.0912. The first kappa shape index (κ1) is 6.96. The average molecular weight is 133 g/mol. The van der Waals surface area contributed by atoms with Gasteiger partial charge in [0, 0.05) is 12.1 Å². The molecule has 1 aliphatic rings. The molecule has 0 saturated heterocycles. The van der Waals surface area contributed by atoms with Gasteiger partial charge in [0.2, 0.25) is 0 Å². The van der Waals surface area contributed by atoms with Crippen molar-refractivity contribution in [3.8, 4) is 0 Å². The maximum atomic E-state index is 11.5. The molecule has 2 N–H and O–H groups in total. The van der Waals surface area contributed by atoms with Crippen molar-refractivity contribution in [3.63, 3.8) is 0 Å². The largest absolute Gasteiger partial charge is 0.394 e. The molecule has 0 heterocycles. The van der Waals surface area contributed by atoms with Crippen LogP contribution < -0.4 is 5.32 Å². The zero-order valence-corrected chi connectivity index (χ0v) is 5.36. The minimum atomic E-state index is -0.345. The van der Waals surface area contributed by atoms with Crippen molar-refractivity contribution >= 4 is 0 Å². The van der Waals surface area contributed by atoms with Gasteiger partial charge in [-0.25, -0.2) is 4.39 Å². The van der Waals surface area contributed by atoms with Crippen molar-refractivity contribution in [3.05, 3.63) is 0 Å². The Morgan fingerprint density at radius 1 is 1.56 bits per heavy atom. The Morgan fingerprint density at radius 2 is 2.22 bits per heavy atom. The Hall–Kier alpha value is -0.150. The number of hydrogen-bond acceptors (Lipinski definition) is 2. The fourth-order valence-corrected chi connectivity index (χ4v) is 0.854. The predicted molar refractivity (Wildman–Crippen MR) is 33.0 cm³/mol. The van der Waals surface area contributed by atoms with E-state index in [1.54, 1.807) is 0 Å². The van der Waals surface area contributed by atoms with E-state index in [4.69, 9.17) is 5.11 Å². The number of hydrogen-bond donors (Lipinski definition) is 2. The predicted octanol–water partition coefficient (Wildman–Crippen LogP) is 0.0704. The highest BCUT2D eigenvalue weighted by Gasteiger charge is 2.40. The van der Waals surface area contributed by atoms with Gasteiger partial charge in [0.1, 0.15) is 6.67 Å². The number of rotatable bonds is 4. The SMILES string of the molecule is OCC1(NCCF)CC1. The third-order valence-electron chi connectivity index (χ3n) is 1.75. The summed E-state index contributed by atoms with van der Waals surface area (Å²) in [6.07, 6.45) is 1.98. The molecule has 0 atom stereocenters. The van der Waals surface area contributed by atoms with Gasteiger partial charge in [-0.15, -0.1) is 0 Å². The highest BCUT2D eigenvalue weighted by molar-refractivity contribution is 5.01. The van der Waals surface area contributed by atoms with E-state index in [-0.39, 0.29) is 18.8 Å². The van der Waals surface area contributed by atoms with Crippen molar-refractivity contribution in [1.82, 2.24) is 5.32 Å². The van der Waals surface area contributed by atoms with Gasteiger partial charge < -0.3 is 10.4 Å². The van der Waals surface area contributed by atoms with E-state index >= 15 is 0 Å². The van der Waals surface area contributed by atoms with Gasteiger partial charge in [0.15, 0.2) is 0 Å². The van der Waals surface area contributed by atoms with Crippen molar-refractivity contribution in [2.75, 3.05) is 19.8 Å². The molecule has 0 unspecified atom stereocenters. The lowest BCUT2D eigenvalue weighted by Crippen LogP contribution is -2.36. The van der Waals surface area contributed by atoms with Crippen LogP contribution in [0.3, 0.4) is 0 Å². The molecule has 0 spiro atoms. The summed E-state index contributed by atoms with van der Waals surface area (Å²) in [7, 11) is 0.